The molecule has 1 aromatic carbocycles. The third kappa shape index (κ3) is 3.15. The van der Waals surface area contributed by atoms with E-state index in [1.165, 1.54) is 0 Å². The largest absolute Gasteiger partial charge is 0.409 e. The fraction of sp³-hybridized carbons (Fsp3) is 0.333. The number of amides is 1. The van der Waals surface area contributed by atoms with E-state index in [0.717, 1.165) is 0 Å². The van der Waals surface area contributed by atoms with Gasteiger partial charge in [0.25, 0.3) is 0 Å². The van der Waals surface area contributed by atoms with Crippen LogP contribution in [0.2, 0.25) is 5.02 Å². The third-order valence-corrected chi connectivity index (χ3v) is 3.26. The zero-order valence-electron chi connectivity index (χ0n) is 10.1. The van der Waals surface area contributed by atoms with Gasteiger partial charge in [0.1, 0.15) is 0 Å². The average Bonchev–Trinajstić information content (AvgIpc) is 2.94. The molecule has 0 bridgehead atoms. The Morgan fingerprint density at radius 1 is 1.58 bits per heavy atom. The second kappa shape index (κ2) is 5.90. The van der Waals surface area contributed by atoms with E-state index in [1.807, 2.05) is 0 Å². The van der Waals surface area contributed by atoms with Gasteiger partial charge in [-0.1, -0.05) is 16.8 Å². The second-order valence-corrected chi connectivity index (χ2v) is 4.64. The predicted molar refractivity (Wildman–Crippen MR) is 71.5 cm³/mol. The first-order valence-corrected chi connectivity index (χ1v) is 6.15. The Kier molecular flexibility index (Phi) is 4.24. The quantitative estimate of drug-likeness (QED) is 0.338. The van der Waals surface area contributed by atoms with Crippen molar-refractivity contribution in [2.75, 3.05) is 18.5 Å². The number of rotatable bonds is 3. The molecule has 1 atom stereocenters. The number of carbonyl (C=O) groups excluding carboxylic acids is 1. The molecule has 102 valence electrons. The molecule has 6 nitrogen and oxygen atoms in total. The fourth-order valence-electron chi connectivity index (χ4n) is 1.81. The minimum absolute atomic E-state index is 0.0450. The first kappa shape index (κ1) is 13.6. The lowest BCUT2D eigenvalue weighted by Gasteiger charge is -2.11. The van der Waals surface area contributed by atoms with Gasteiger partial charge >= 0.3 is 0 Å². The summed E-state index contributed by atoms with van der Waals surface area (Å²) in [6.45, 7) is 1.01. The molecule has 1 amide bonds. The standard InChI is InChI=1S/C12H14ClN3O3/c13-9-2-1-7(11(14)16-18)5-10(9)15-12(17)8-3-4-19-6-8/h1-2,5,8,18H,3-4,6H2,(H2,14,16)(H,15,17). The summed E-state index contributed by atoms with van der Waals surface area (Å²) in [7, 11) is 0. The number of anilines is 1. The Morgan fingerprint density at radius 3 is 3.00 bits per heavy atom. The van der Waals surface area contributed by atoms with Crippen LogP contribution in [0.25, 0.3) is 0 Å². The molecule has 0 aromatic heterocycles. The molecular weight excluding hydrogens is 270 g/mol. The summed E-state index contributed by atoms with van der Waals surface area (Å²) in [5, 5.41) is 14.7. The Balaban J connectivity index is 2.16. The summed E-state index contributed by atoms with van der Waals surface area (Å²) in [5.74, 6) is -0.351. The molecule has 0 aliphatic carbocycles. The number of hydrogen-bond acceptors (Lipinski definition) is 4. The van der Waals surface area contributed by atoms with Gasteiger partial charge in [-0.15, -0.1) is 0 Å². The van der Waals surface area contributed by atoms with Crippen molar-refractivity contribution in [3.05, 3.63) is 28.8 Å². The second-order valence-electron chi connectivity index (χ2n) is 4.23. The van der Waals surface area contributed by atoms with Crippen LogP contribution in [0.4, 0.5) is 5.69 Å². The molecule has 19 heavy (non-hydrogen) atoms. The van der Waals surface area contributed by atoms with Gasteiger partial charge in [0.15, 0.2) is 5.84 Å². The highest BCUT2D eigenvalue weighted by Gasteiger charge is 2.24. The molecule has 1 unspecified atom stereocenters. The van der Waals surface area contributed by atoms with Gasteiger partial charge in [-0.2, -0.15) is 0 Å². The van der Waals surface area contributed by atoms with Gasteiger partial charge in [-0.05, 0) is 24.6 Å². The minimum Gasteiger partial charge on any atom is -0.409 e. The molecule has 7 heteroatoms. The number of oxime groups is 1. The number of nitrogens with one attached hydrogen (secondary N) is 1. The number of ether oxygens (including phenoxy) is 1. The van der Waals surface area contributed by atoms with E-state index in [1.54, 1.807) is 18.2 Å². The molecule has 1 aliphatic rings. The van der Waals surface area contributed by atoms with Crippen molar-refractivity contribution in [3.63, 3.8) is 0 Å². The highest BCUT2D eigenvalue weighted by molar-refractivity contribution is 6.34. The lowest BCUT2D eigenvalue weighted by Crippen LogP contribution is -2.23. The van der Waals surface area contributed by atoms with E-state index in [-0.39, 0.29) is 17.7 Å². The Morgan fingerprint density at radius 2 is 2.37 bits per heavy atom. The first-order valence-electron chi connectivity index (χ1n) is 5.78. The van der Waals surface area contributed by atoms with Gasteiger partial charge in [-0.25, -0.2) is 0 Å². The van der Waals surface area contributed by atoms with E-state index in [4.69, 9.17) is 27.3 Å². The molecule has 1 fully saturated rings. The van der Waals surface area contributed by atoms with Crippen LogP contribution in [0.3, 0.4) is 0 Å². The van der Waals surface area contributed by atoms with Crippen molar-refractivity contribution in [3.8, 4) is 0 Å². The Labute approximate surface area is 115 Å². The third-order valence-electron chi connectivity index (χ3n) is 2.93. The zero-order chi connectivity index (χ0) is 13.8. The van der Waals surface area contributed by atoms with E-state index in [2.05, 4.69) is 10.5 Å². The van der Waals surface area contributed by atoms with E-state index in [0.29, 0.717) is 35.9 Å². The lowest BCUT2D eigenvalue weighted by atomic mass is 10.1. The molecule has 2 rings (SSSR count). The molecule has 0 spiro atoms. The SMILES string of the molecule is NC(=NO)c1ccc(Cl)c(NC(=O)C2CCOC2)c1. The van der Waals surface area contributed by atoms with Crippen molar-refractivity contribution in [1.82, 2.24) is 0 Å². The molecule has 1 aliphatic heterocycles. The molecule has 1 saturated heterocycles. The predicted octanol–water partition coefficient (Wildman–Crippen LogP) is 1.41. The van der Waals surface area contributed by atoms with Gasteiger partial charge < -0.3 is 21.0 Å². The van der Waals surface area contributed by atoms with Crippen LogP contribution in [0.1, 0.15) is 12.0 Å². The number of nitrogens with zero attached hydrogens (tertiary/aromatic N) is 1. The van der Waals surface area contributed by atoms with Gasteiger partial charge in [0, 0.05) is 12.2 Å². The number of nitrogens with two attached hydrogens (primary N) is 1. The maximum atomic E-state index is 12.0. The normalized spacial score (nSPS) is 19.4. The molecule has 0 saturated carbocycles. The molecule has 0 radical (unpaired) electrons. The molecular formula is C12H14ClN3O3. The van der Waals surface area contributed by atoms with Crippen molar-refractivity contribution in [2.45, 2.75) is 6.42 Å². The Hall–Kier alpha value is -1.79. The number of halogens is 1. The summed E-state index contributed by atoms with van der Waals surface area (Å²) in [5.41, 5.74) is 6.40. The maximum Gasteiger partial charge on any atom is 0.229 e. The molecule has 1 heterocycles. The van der Waals surface area contributed by atoms with Crippen LogP contribution >= 0.6 is 11.6 Å². The summed E-state index contributed by atoms with van der Waals surface area (Å²) in [6.07, 6.45) is 0.698. The number of hydrogen-bond donors (Lipinski definition) is 3. The van der Waals surface area contributed by atoms with Gasteiger partial charge in [0.05, 0.1) is 23.2 Å². The highest BCUT2D eigenvalue weighted by atomic mass is 35.5. The van der Waals surface area contributed by atoms with Crippen LogP contribution in [0.5, 0.6) is 0 Å². The molecule has 1 aromatic rings. The number of carbonyl (C=O) groups is 1. The fourth-order valence-corrected chi connectivity index (χ4v) is 1.98. The zero-order valence-corrected chi connectivity index (χ0v) is 10.9. The summed E-state index contributed by atoms with van der Waals surface area (Å²) >= 11 is 6.01. The number of benzene rings is 1. The van der Waals surface area contributed by atoms with Crippen molar-refractivity contribution in [2.24, 2.45) is 16.8 Å². The highest BCUT2D eigenvalue weighted by Crippen LogP contribution is 2.24. The van der Waals surface area contributed by atoms with Crippen LogP contribution in [0, 0.1) is 5.92 Å². The van der Waals surface area contributed by atoms with Crippen LogP contribution in [-0.4, -0.2) is 30.2 Å². The van der Waals surface area contributed by atoms with Crippen LogP contribution in [0.15, 0.2) is 23.4 Å². The summed E-state index contributed by atoms with van der Waals surface area (Å²) in [4.78, 5) is 12.0. The first-order chi connectivity index (χ1) is 9.11. The number of amidine groups is 1. The molecule has 4 N–H and O–H groups in total. The maximum absolute atomic E-state index is 12.0. The smallest absolute Gasteiger partial charge is 0.229 e. The van der Waals surface area contributed by atoms with Crippen molar-refractivity contribution >= 4 is 29.0 Å². The Bertz CT molecular complexity index is 513. The van der Waals surface area contributed by atoms with E-state index >= 15 is 0 Å². The lowest BCUT2D eigenvalue weighted by molar-refractivity contribution is -0.119. The van der Waals surface area contributed by atoms with Gasteiger partial charge in [0.2, 0.25) is 5.91 Å². The summed E-state index contributed by atoms with van der Waals surface area (Å²) < 4.78 is 5.16. The van der Waals surface area contributed by atoms with E-state index in [9.17, 15) is 4.79 Å². The van der Waals surface area contributed by atoms with Crippen LogP contribution < -0.4 is 11.1 Å². The summed E-state index contributed by atoms with van der Waals surface area (Å²) in [6, 6.07) is 4.74. The van der Waals surface area contributed by atoms with Crippen molar-refractivity contribution in [1.29, 1.82) is 0 Å². The van der Waals surface area contributed by atoms with Crippen LogP contribution in [-0.2, 0) is 9.53 Å². The minimum atomic E-state index is -0.163. The van der Waals surface area contributed by atoms with Gasteiger partial charge in [-0.3, -0.25) is 4.79 Å². The van der Waals surface area contributed by atoms with Crippen molar-refractivity contribution < 1.29 is 14.7 Å². The monoisotopic (exact) mass is 283 g/mol. The van der Waals surface area contributed by atoms with E-state index < -0.39 is 0 Å². The average molecular weight is 284 g/mol. The topological polar surface area (TPSA) is 96.9 Å².